The van der Waals surface area contributed by atoms with E-state index >= 15 is 0 Å². The number of guanidine groups is 1. The van der Waals surface area contributed by atoms with E-state index in [1.807, 2.05) is 20.8 Å². The molecule has 0 aromatic carbocycles. The minimum Gasteiger partial charge on any atom is -0.382 e. The number of hydrogen-bond acceptors (Lipinski definition) is 4. The van der Waals surface area contributed by atoms with E-state index < -0.39 is 6.04 Å². The molecule has 7 nitrogen and oxygen atoms in total. The summed E-state index contributed by atoms with van der Waals surface area (Å²) in [5.41, 5.74) is 2.46. The van der Waals surface area contributed by atoms with Gasteiger partial charge in [-0.15, -0.1) is 0 Å². The maximum absolute atomic E-state index is 11.8. The van der Waals surface area contributed by atoms with Crippen molar-refractivity contribution in [1.82, 2.24) is 16.1 Å². The van der Waals surface area contributed by atoms with Gasteiger partial charge >= 0.3 is 0 Å². The molecule has 1 unspecified atom stereocenters. The van der Waals surface area contributed by atoms with E-state index in [0.29, 0.717) is 38.2 Å². The summed E-state index contributed by atoms with van der Waals surface area (Å²) in [4.78, 5) is 16.0. The molecule has 0 spiro atoms. The fourth-order valence-corrected chi connectivity index (χ4v) is 1.36. The van der Waals surface area contributed by atoms with Crippen LogP contribution in [0.25, 0.3) is 0 Å². The van der Waals surface area contributed by atoms with Crippen LogP contribution in [0.15, 0.2) is 4.99 Å². The molecular weight excluding hydrogens is 258 g/mol. The Balaban J connectivity index is 4.06. The highest BCUT2D eigenvalue weighted by molar-refractivity contribution is 5.88. The minimum atomic E-state index is -0.393. The van der Waals surface area contributed by atoms with Crippen molar-refractivity contribution in [3.63, 3.8) is 0 Å². The Bertz CT molecular complexity index is 294. The number of nitrogens with zero attached hydrogens (tertiary/aromatic N) is 1. The fourth-order valence-electron chi connectivity index (χ4n) is 1.36. The van der Waals surface area contributed by atoms with Gasteiger partial charge in [0.1, 0.15) is 6.04 Å². The van der Waals surface area contributed by atoms with Crippen LogP contribution < -0.4 is 21.9 Å². The zero-order valence-electron chi connectivity index (χ0n) is 13.0. The third kappa shape index (κ3) is 9.57. The Hall–Kier alpha value is -1.34. The molecule has 5 N–H and O–H groups in total. The topological polar surface area (TPSA) is 101 Å². The zero-order chi connectivity index (χ0) is 15.4. The van der Waals surface area contributed by atoms with Crippen molar-refractivity contribution < 1.29 is 9.53 Å². The summed E-state index contributed by atoms with van der Waals surface area (Å²) in [6, 6.07) is -0.393. The lowest BCUT2D eigenvalue weighted by molar-refractivity contribution is -0.122. The monoisotopic (exact) mass is 287 g/mol. The summed E-state index contributed by atoms with van der Waals surface area (Å²) in [6.45, 7) is 10.4. The first-order valence-electron chi connectivity index (χ1n) is 7.14. The zero-order valence-corrected chi connectivity index (χ0v) is 13.0. The summed E-state index contributed by atoms with van der Waals surface area (Å²) in [5, 5.41) is 5.79. The maximum Gasteiger partial charge on any atom is 0.242 e. The highest BCUT2D eigenvalue weighted by Gasteiger charge is 2.13. The predicted octanol–water partition coefficient (Wildman–Crippen LogP) is -0.0174. The first-order chi connectivity index (χ1) is 9.51. The van der Waals surface area contributed by atoms with Crippen LogP contribution in [0.5, 0.6) is 0 Å². The molecule has 1 atom stereocenters. The summed E-state index contributed by atoms with van der Waals surface area (Å²) in [7, 11) is 0. The van der Waals surface area contributed by atoms with Gasteiger partial charge in [0.15, 0.2) is 0 Å². The van der Waals surface area contributed by atoms with Crippen LogP contribution >= 0.6 is 0 Å². The lowest BCUT2D eigenvalue weighted by atomic mass is 10.2. The first-order valence-corrected chi connectivity index (χ1v) is 7.14. The normalized spacial score (nSPS) is 13.2. The lowest BCUT2D eigenvalue weighted by Gasteiger charge is -2.17. The number of hydrogen-bond donors (Lipinski definition) is 4. The highest BCUT2D eigenvalue weighted by atomic mass is 16.5. The van der Waals surface area contributed by atoms with E-state index in [0.717, 1.165) is 6.42 Å². The average Bonchev–Trinajstić information content (AvgIpc) is 2.42. The highest BCUT2D eigenvalue weighted by Crippen LogP contribution is 1.90. The number of rotatable bonds is 9. The fraction of sp³-hybridized carbons (Fsp3) is 0.846. The van der Waals surface area contributed by atoms with Crippen LogP contribution in [-0.4, -0.2) is 44.2 Å². The molecule has 0 aromatic heterocycles. The van der Waals surface area contributed by atoms with Gasteiger partial charge in [0.2, 0.25) is 11.9 Å². The summed E-state index contributed by atoms with van der Waals surface area (Å²) < 4.78 is 5.22. The van der Waals surface area contributed by atoms with Gasteiger partial charge in [0.05, 0.1) is 0 Å². The molecule has 20 heavy (non-hydrogen) atoms. The van der Waals surface area contributed by atoms with E-state index in [1.165, 1.54) is 0 Å². The van der Waals surface area contributed by atoms with Crippen molar-refractivity contribution in [1.29, 1.82) is 0 Å². The smallest absolute Gasteiger partial charge is 0.242 e. The van der Waals surface area contributed by atoms with Gasteiger partial charge in [-0.25, -0.2) is 5.84 Å². The van der Waals surface area contributed by atoms with Crippen LogP contribution in [0.3, 0.4) is 0 Å². The SMILES string of the molecule is CCOCCCN=C(NN)NC(C)C(=O)NCC(C)C. The molecule has 1 amide bonds. The van der Waals surface area contributed by atoms with E-state index in [-0.39, 0.29) is 5.91 Å². The largest absolute Gasteiger partial charge is 0.382 e. The van der Waals surface area contributed by atoms with E-state index in [4.69, 9.17) is 10.6 Å². The maximum atomic E-state index is 11.8. The van der Waals surface area contributed by atoms with E-state index in [2.05, 4.69) is 21.1 Å². The quantitative estimate of drug-likeness (QED) is 0.157. The second-order valence-corrected chi connectivity index (χ2v) is 4.93. The molecule has 0 aliphatic rings. The van der Waals surface area contributed by atoms with Crippen LogP contribution in [0.1, 0.15) is 34.1 Å². The molecule has 7 heteroatoms. The molecule has 0 saturated carbocycles. The summed E-state index contributed by atoms with van der Waals surface area (Å²) in [5.74, 6) is 6.14. The average molecular weight is 287 g/mol. The molecule has 0 aliphatic carbocycles. The van der Waals surface area contributed by atoms with Gasteiger partial charge in [0.25, 0.3) is 0 Å². The van der Waals surface area contributed by atoms with Gasteiger partial charge < -0.3 is 15.4 Å². The van der Waals surface area contributed by atoms with E-state index in [9.17, 15) is 4.79 Å². The van der Waals surface area contributed by atoms with Gasteiger partial charge in [-0.05, 0) is 26.2 Å². The Morgan fingerprint density at radius 1 is 1.35 bits per heavy atom. The molecule has 0 aliphatic heterocycles. The lowest BCUT2D eigenvalue weighted by Crippen LogP contribution is -2.51. The minimum absolute atomic E-state index is 0.0732. The Morgan fingerprint density at radius 3 is 2.60 bits per heavy atom. The van der Waals surface area contributed by atoms with Crippen LogP contribution in [0.4, 0.5) is 0 Å². The third-order valence-electron chi connectivity index (χ3n) is 2.49. The number of nitrogens with two attached hydrogens (primary N) is 1. The van der Waals surface area contributed by atoms with Crippen LogP contribution in [0.2, 0.25) is 0 Å². The molecular formula is C13H29N5O2. The predicted molar refractivity (Wildman–Crippen MR) is 81.2 cm³/mol. The second kappa shape index (κ2) is 11.5. The van der Waals surface area contributed by atoms with Crippen molar-refractivity contribution in [2.45, 2.75) is 40.2 Å². The van der Waals surface area contributed by atoms with Crippen molar-refractivity contribution in [3.8, 4) is 0 Å². The molecule has 118 valence electrons. The van der Waals surface area contributed by atoms with Crippen LogP contribution in [0, 0.1) is 5.92 Å². The van der Waals surface area contributed by atoms with Crippen molar-refractivity contribution in [2.75, 3.05) is 26.3 Å². The molecule has 0 fully saturated rings. The van der Waals surface area contributed by atoms with Gasteiger partial charge in [-0.2, -0.15) is 0 Å². The summed E-state index contributed by atoms with van der Waals surface area (Å²) >= 11 is 0. The van der Waals surface area contributed by atoms with Gasteiger partial charge in [-0.1, -0.05) is 13.8 Å². The number of carbonyl (C=O) groups excluding carboxylic acids is 1. The number of aliphatic imine (C=N–C) groups is 1. The molecule has 0 saturated heterocycles. The van der Waals surface area contributed by atoms with Gasteiger partial charge in [0, 0.05) is 26.3 Å². The standard InChI is InChI=1S/C13H29N5O2/c1-5-20-8-6-7-15-13(18-14)17-11(4)12(19)16-9-10(2)3/h10-11H,5-9,14H2,1-4H3,(H,16,19)(H2,15,17,18). The van der Waals surface area contributed by atoms with Gasteiger partial charge in [-0.3, -0.25) is 15.2 Å². The Labute approximate surface area is 121 Å². The Morgan fingerprint density at radius 2 is 2.05 bits per heavy atom. The molecule has 0 rings (SSSR count). The van der Waals surface area contributed by atoms with Crippen molar-refractivity contribution in [3.05, 3.63) is 0 Å². The number of ether oxygens (including phenoxy) is 1. The number of amides is 1. The molecule has 0 bridgehead atoms. The first kappa shape index (κ1) is 18.7. The number of carbonyl (C=O) groups is 1. The number of hydrazine groups is 1. The Kier molecular flexibility index (Phi) is 10.7. The van der Waals surface area contributed by atoms with Crippen LogP contribution in [-0.2, 0) is 9.53 Å². The van der Waals surface area contributed by atoms with Crippen molar-refractivity contribution in [2.24, 2.45) is 16.8 Å². The second-order valence-electron chi connectivity index (χ2n) is 4.93. The molecule has 0 radical (unpaired) electrons. The van der Waals surface area contributed by atoms with E-state index in [1.54, 1.807) is 6.92 Å². The summed E-state index contributed by atoms with van der Waals surface area (Å²) in [6.07, 6.45) is 0.814. The number of nitrogens with one attached hydrogen (secondary N) is 3. The molecule has 0 heterocycles. The molecule has 0 aromatic rings. The van der Waals surface area contributed by atoms with Crippen molar-refractivity contribution >= 4 is 11.9 Å². The third-order valence-corrected chi connectivity index (χ3v) is 2.49.